The normalized spacial score (nSPS) is 22.0. The number of sulfonamides is 1. The summed E-state index contributed by atoms with van der Waals surface area (Å²) >= 11 is 0. The minimum Gasteiger partial charge on any atom is -0.344 e. The monoisotopic (exact) mass is 307 g/mol. The van der Waals surface area contributed by atoms with Crippen molar-refractivity contribution < 1.29 is 8.42 Å². The van der Waals surface area contributed by atoms with E-state index in [9.17, 15) is 8.42 Å². The molecule has 1 saturated heterocycles. The molecule has 1 aliphatic heterocycles. The van der Waals surface area contributed by atoms with Crippen molar-refractivity contribution in [1.29, 1.82) is 5.26 Å². The number of nitriles is 1. The summed E-state index contributed by atoms with van der Waals surface area (Å²) in [5, 5.41) is 8.95. The Bertz CT molecular complexity index is 674. The first-order valence-electron chi connectivity index (χ1n) is 7.43. The van der Waals surface area contributed by atoms with E-state index in [-0.39, 0.29) is 10.8 Å². The predicted octanol–water partition coefficient (Wildman–Crippen LogP) is 2.03. The maximum atomic E-state index is 12.2. The van der Waals surface area contributed by atoms with Crippen LogP contribution in [0.1, 0.15) is 44.6 Å². The Morgan fingerprint density at radius 1 is 1.43 bits per heavy atom. The van der Waals surface area contributed by atoms with Crippen LogP contribution in [0.4, 0.5) is 0 Å². The van der Waals surface area contributed by atoms with E-state index in [4.69, 9.17) is 5.26 Å². The van der Waals surface area contributed by atoms with Gasteiger partial charge in [-0.2, -0.15) is 9.57 Å². The Morgan fingerprint density at radius 2 is 2.10 bits per heavy atom. The molecule has 114 valence electrons. The van der Waals surface area contributed by atoms with E-state index in [1.54, 1.807) is 4.31 Å². The van der Waals surface area contributed by atoms with Crippen molar-refractivity contribution in [3.8, 4) is 6.07 Å². The third-order valence-electron chi connectivity index (χ3n) is 4.59. The first kappa shape index (κ1) is 14.6. The molecule has 2 fully saturated rings. The first-order chi connectivity index (χ1) is 9.89. The van der Waals surface area contributed by atoms with Gasteiger partial charge < -0.3 is 4.57 Å². The number of hydrogen-bond donors (Lipinski definition) is 0. The third-order valence-corrected chi connectivity index (χ3v) is 6.88. The second-order valence-electron chi connectivity index (χ2n) is 6.58. The smallest absolute Gasteiger partial charge is 0.217 e. The summed E-state index contributed by atoms with van der Waals surface area (Å²) in [4.78, 5) is 0. The van der Waals surface area contributed by atoms with Gasteiger partial charge in [-0.05, 0) is 30.4 Å². The van der Waals surface area contributed by atoms with Crippen LogP contribution in [-0.2, 0) is 15.6 Å². The molecule has 0 N–H and O–H groups in total. The average molecular weight is 307 g/mol. The van der Waals surface area contributed by atoms with Crippen molar-refractivity contribution in [3.63, 3.8) is 0 Å². The fourth-order valence-electron chi connectivity index (χ4n) is 2.93. The molecule has 0 unspecified atom stereocenters. The molecule has 0 radical (unpaired) electrons. The van der Waals surface area contributed by atoms with E-state index < -0.39 is 10.0 Å². The number of nitrogens with zero attached hydrogens (tertiary/aromatic N) is 3. The minimum absolute atomic E-state index is 0.173. The second-order valence-corrected chi connectivity index (χ2v) is 8.79. The highest BCUT2D eigenvalue weighted by molar-refractivity contribution is 7.90. The highest BCUT2D eigenvalue weighted by atomic mass is 32.2. The molecule has 0 bridgehead atoms. The van der Waals surface area contributed by atoms with Gasteiger partial charge in [0.15, 0.2) is 0 Å². The molecule has 2 aliphatic rings. The predicted molar refractivity (Wildman–Crippen MR) is 80.2 cm³/mol. The molecule has 0 spiro atoms. The molecule has 21 heavy (non-hydrogen) atoms. The summed E-state index contributed by atoms with van der Waals surface area (Å²) in [5.74, 6) is 0.428. The van der Waals surface area contributed by atoms with E-state index in [0.29, 0.717) is 25.4 Å². The van der Waals surface area contributed by atoms with Crippen LogP contribution in [0, 0.1) is 11.3 Å². The first-order valence-corrected chi connectivity index (χ1v) is 8.94. The van der Waals surface area contributed by atoms with Crippen LogP contribution in [0.25, 0.3) is 0 Å². The van der Waals surface area contributed by atoms with Crippen LogP contribution in [0.15, 0.2) is 18.5 Å². The average Bonchev–Trinajstić information content (AvgIpc) is 3.12. The molecular formula is C15H21N3O2S. The Balaban J connectivity index is 1.81. The molecule has 0 aromatic carbocycles. The fraction of sp³-hybridized carbons (Fsp3) is 0.667. The minimum atomic E-state index is -3.13. The third kappa shape index (κ3) is 2.39. The molecule has 1 saturated carbocycles. The van der Waals surface area contributed by atoms with Crippen molar-refractivity contribution in [2.75, 3.05) is 13.1 Å². The van der Waals surface area contributed by atoms with Gasteiger partial charge in [-0.15, -0.1) is 0 Å². The molecule has 1 aliphatic carbocycles. The zero-order valence-corrected chi connectivity index (χ0v) is 13.3. The molecule has 1 aromatic rings. The Kier molecular flexibility index (Phi) is 3.38. The molecule has 1 aromatic heterocycles. The van der Waals surface area contributed by atoms with E-state index >= 15 is 0 Å². The summed E-state index contributed by atoms with van der Waals surface area (Å²) in [5.41, 5.74) is 0.833. The second kappa shape index (κ2) is 4.85. The summed E-state index contributed by atoms with van der Waals surface area (Å²) in [6.45, 7) is 5.10. The van der Waals surface area contributed by atoms with Crippen LogP contribution in [0.5, 0.6) is 0 Å². The van der Waals surface area contributed by atoms with Crippen molar-refractivity contribution in [1.82, 2.24) is 8.87 Å². The molecule has 6 heteroatoms. The van der Waals surface area contributed by atoms with Crippen molar-refractivity contribution in [2.45, 2.75) is 49.8 Å². The van der Waals surface area contributed by atoms with Gasteiger partial charge in [0.1, 0.15) is 0 Å². The molecule has 5 nitrogen and oxygen atoms in total. The van der Waals surface area contributed by atoms with Crippen LogP contribution >= 0.6 is 0 Å². The Morgan fingerprint density at radius 3 is 2.57 bits per heavy atom. The molecule has 0 atom stereocenters. The van der Waals surface area contributed by atoms with Gasteiger partial charge in [0.25, 0.3) is 0 Å². The lowest BCUT2D eigenvalue weighted by atomic mass is 9.89. The van der Waals surface area contributed by atoms with Gasteiger partial charge >= 0.3 is 0 Å². The van der Waals surface area contributed by atoms with Gasteiger partial charge in [-0.3, -0.25) is 0 Å². The molecule has 0 amide bonds. The SMILES string of the molecule is CC(C)c1ccn(C2(CC#N)CN(S(=O)(=O)C3CC3)C2)c1. The highest BCUT2D eigenvalue weighted by Gasteiger charge is 2.53. The molecular weight excluding hydrogens is 286 g/mol. The molecule has 3 rings (SSSR count). The van der Waals surface area contributed by atoms with E-state index in [2.05, 4.69) is 32.2 Å². The van der Waals surface area contributed by atoms with E-state index in [1.807, 2.05) is 10.8 Å². The number of hydrogen-bond acceptors (Lipinski definition) is 3. The van der Waals surface area contributed by atoms with E-state index in [1.165, 1.54) is 5.56 Å². The summed E-state index contributed by atoms with van der Waals surface area (Å²) in [7, 11) is -3.13. The topological polar surface area (TPSA) is 66.1 Å². The lowest BCUT2D eigenvalue weighted by Crippen LogP contribution is -2.64. The van der Waals surface area contributed by atoms with Gasteiger partial charge in [0.2, 0.25) is 10.0 Å². The zero-order valence-electron chi connectivity index (χ0n) is 12.5. The van der Waals surface area contributed by atoms with Gasteiger partial charge in [0, 0.05) is 25.5 Å². The largest absolute Gasteiger partial charge is 0.344 e. The van der Waals surface area contributed by atoms with Crippen LogP contribution in [-0.4, -0.2) is 35.6 Å². The Hall–Kier alpha value is -1.32. The van der Waals surface area contributed by atoms with Gasteiger partial charge in [0.05, 0.1) is 23.3 Å². The lowest BCUT2D eigenvalue weighted by Gasteiger charge is -2.49. The lowest BCUT2D eigenvalue weighted by molar-refractivity contribution is 0.0846. The summed E-state index contributed by atoms with van der Waals surface area (Å²) < 4.78 is 28.1. The number of rotatable bonds is 5. The van der Waals surface area contributed by atoms with E-state index in [0.717, 1.165) is 12.8 Å². The Labute approximate surface area is 126 Å². The summed E-state index contributed by atoms with van der Waals surface area (Å²) in [6, 6.07) is 4.28. The fourth-order valence-corrected chi connectivity index (χ4v) is 4.92. The van der Waals surface area contributed by atoms with Crippen molar-refractivity contribution in [3.05, 3.63) is 24.0 Å². The van der Waals surface area contributed by atoms with Gasteiger partial charge in [-0.1, -0.05) is 13.8 Å². The summed E-state index contributed by atoms with van der Waals surface area (Å²) in [6.07, 6.45) is 5.95. The van der Waals surface area contributed by atoms with Crippen LogP contribution in [0.2, 0.25) is 0 Å². The maximum Gasteiger partial charge on any atom is 0.217 e. The molecule has 2 heterocycles. The van der Waals surface area contributed by atoms with Crippen LogP contribution in [0.3, 0.4) is 0 Å². The standard InChI is InChI=1S/C15H21N3O2S/c1-12(2)13-5-8-17(9-13)15(6-7-16)10-18(11-15)21(19,20)14-3-4-14/h5,8-9,12,14H,3-4,6,10-11H2,1-2H3. The quantitative estimate of drug-likeness (QED) is 0.836. The zero-order chi connectivity index (χ0) is 15.3. The van der Waals surface area contributed by atoms with Crippen molar-refractivity contribution >= 4 is 10.0 Å². The number of aromatic nitrogens is 1. The maximum absolute atomic E-state index is 12.2. The highest BCUT2D eigenvalue weighted by Crippen LogP contribution is 2.40. The van der Waals surface area contributed by atoms with Gasteiger partial charge in [-0.25, -0.2) is 8.42 Å². The van der Waals surface area contributed by atoms with Crippen molar-refractivity contribution in [2.24, 2.45) is 0 Å². The van der Waals surface area contributed by atoms with Crippen LogP contribution < -0.4 is 0 Å².